The number of terminal acetylenes is 1. The number of morpholine rings is 1. The van der Waals surface area contributed by atoms with E-state index >= 15 is 0 Å². The van der Waals surface area contributed by atoms with E-state index in [4.69, 9.17) is 15.9 Å². The van der Waals surface area contributed by atoms with Crippen molar-refractivity contribution in [2.75, 3.05) is 26.2 Å². The molecule has 148 valence electrons. The predicted molar refractivity (Wildman–Crippen MR) is 108 cm³/mol. The second kappa shape index (κ2) is 10.3. The van der Waals surface area contributed by atoms with E-state index in [1.807, 2.05) is 24.3 Å². The van der Waals surface area contributed by atoms with E-state index in [9.17, 15) is 4.79 Å². The maximum Gasteiger partial charge on any atom is 0.237 e. The van der Waals surface area contributed by atoms with Crippen molar-refractivity contribution in [2.45, 2.75) is 52.4 Å². The number of nitrogens with zero attached hydrogens (tertiary/aromatic N) is 1. The van der Waals surface area contributed by atoms with Gasteiger partial charge in [0, 0.05) is 19.6 Å². The fraction of sp³-hybridized carbons (Fsp3) is 0.591. The summed E-state index contributed by atoms with van der Waals surface area (Å²) in [5.41, 5.74) is 1.15. The number of hydrogen-bond acceptors (Lipinski definition) is 4. The zero-order valence-corrected chi connectivity index (χ0v) is 16.9. The number of nitrogens with one attached hydrogen (secondary N) is 1. The van der Waals surface area contributed by atoms with Gasteiger partial charge in [-0.25, -0.2) is 0 Å². The molecular formula is C22H32N2O3. The van der Waals surface area contributed by atoms with Gasteiger partial charge in [0.1, 0.15) is 12.4 Å². The van der Waals surface area contributed by atoms with Crippen LogP contribution in [-0.2, 0) is 16.0 Å². The molecule has 27 heavy (non-hydrogen) atoms. The highest BCUT2D eigenvalue weighted by atomic mass is 16.5. The van der Waals surface area contributed by atoms with Crippen LogP contribution >= 0.6 is 0 Å². The Morgan fingerprint density at radius 3 is 2.48 bits per heavy atom. The van der Waals surface area contributed by atoms with Crippen molar-refractivity contribution >= 4 is 5.91 Å². The Hall–Kier alpha value is -2.03. The van der Waals surface area contributed by atoms with Crippen molar-refractivity contribution in [3.63, 3.8) is 0 Å². The van der Waals surface area contributed by atoms with Gasteiger partial charge in [-0.15, -0.1) is 6.42 Å². The summed E-state index contributed by atoms with van der Waals surface area (Å²) < 4.78 is 11.2. The van der Waals surface area contributed by atoms with Crippen molar-refractivity contribution in [2.24, 2.45) is 5.92 Å². The fourth-order valence-corrected chi connectivity index (χ4v) is 3.65. The summed E-state index contributed by atoms with van der Waals surface area (Å²) in [6.45, 7) is 10.8. The van der Waals surface area contributed by atoms with E-state index in [2.05, 4.69) is 43.8 Å². The molecule has 1 N–H and O–H groups in total. The molecule has 0 radical (unpaired) electrons. The summed E-state index contributed by atoms with van der Waals surface area (Å²) in [7, 11) is 0. The minimum Gasteiger partial charge on any atom is -0.481 e. The molecule has 5 nitrogen and oxygen atoms in total. The molecule has 0 spiro atoms. The zero-order valence-electron chi connectivity index (χ0n) is 16.9. The van der Waals surface area contributed by atoms with Crippen LogP contribution < -0.4 is 10.1 Å². The van der Waals surface area contributed by atoms with Crippen molar-refractivity contribution in [3.05, 3.63) is 29.8 Å². The Bertz CT molecular complexity index is 626. The first-order valence-electron chi connectivity index (χ1n) is 9.73. The second-order valence-corrected chi connectivity index (χ2v) is 7.58. The first kappa shape index (κ1) is 21.3. The number of carbonyl (C=O) groups is 1. The van der Waals surface area contributed by atoms with Crippen LogP contribution in [0.15, 0.2) is 24.3 Å². The SMILES string of the molecule is C#CCOc1ccc(CCNC(=O)C(C(C)C)N2CC(C)OC(C)C2)cc1. The van der Waals surface area contributed by atoms with Crippen LogP contribution in [0.5, 0.6) is 5.75 Å². The molecule has 1 heterocycles. The fourth-order valence-electron chi connectivity index (χ4n) is 3.65. The van der Waals surface area contributed by atoms with E-state index in [1.165, 1.54) is 0 Å². The largest absolute Gasteiger partial charge is 0.481 e. The molecule has 0 aliphatic carbocycles. The standard InChI is InChI=1S/C22H32N2O3/c1-6-13-26-20-9-7-19(8-10-20)11-12-23-22(25)21(16(2)3)24-14-17(4)27-18(5)15-24/h1,7-10,16-18,21H,11-15H2,2-5H3,(H,23,25). The van der Waals surface area contributed by atoms with Gasteiger partial charge in [-0.05, 0) is 43.9 Å². The van der Waals surface area contributed by atoms with Crippen LogP contribution in [0, 0.1) is 18.3 Å². The number of benzene rings is 1. The van der Waals surface area contributed by atoms with Crippen LogP contribution in [0.3, 0.4) is 0 Å². The predicted octanol–water partition coefficient (Wildman–Crippen LogP) is 2.49. The Balaban J connectivity index is 1.86. The highest BCUT2D eigenvalue weighted by Crippen LogP contribution is 2.19. The lowest BCUT2D eigenvalue weighted by Crippen LogP contribution is -2.57. The van der Waals surface area contributed by atoms with Gasteiger partial charge in [-0.2, -0.15) is 0 Å². The highest BCUT2D eigenvalue weighted by molar-refractivity contribution is 5.82. The smallest absolute Gasteiger partial charge is 0.237 e. The van der Waals surface area contributed by atoms with E-state index in [1.54, 1.807) is 0 Å². The van der Waals surface area contributed by atoms with Crippen molar-refractivity contribution in [1.29, 1.82) is 0 Å². The summed E-state index contributed by atoms with van der Waals surface area (Å²) >= 11 is 0. The van der Waals surface area contributed by atoms with Gasteiger partial charge in [-0.1, -0.05) is 31.9 Å². The number of amides is 1. The molecule has 1 fully saturated rings. The number of ether oxygens (including phenoxy) is 2. The van der Waals surface area contributed by atoms with Crippen LogP contribution in [0.4, 0.5) is 0 Å². The lowest BCUT2D eigenvalue weighted by Gasteiger charge is -2.41. The number of hydrogen-bond donors (Lipinski definition) is 1. The lowest BCUT2D eigenvalue weighted by molar-refractivity contribution is -0.135. The highest BCUT2D eigenvalue weighted by Gasteiger charge is 2.33. The quantitative estimate of drug-likeness (QED) is 0.713. The zero-order chi connectivity index (χ0) is 19.8. The summed E-state index contributed by atoms with van der Waals surface area (Å²) in [5.74, 6) is 3.55. The maximum absolute atomic E-state index is 12.8. The summed E-state index contributed by atoms with van der Waals surface area (Å²) in [4.78, 5) is 15.1. The van der Waals surface area contributed by atoms with E-state index < -0.39 is 0 Å². The minimum absolute atomic E-state index is 0.0975. The monoisotopic (exact) mass is 372 g/mol. The van der Waals surface area contributed by atoms with Gasteiger partial charge in [0.25, 0.3) is 0 Å². The van der Waals surface area contributed by atoms with Gasteiger partial charge in [0.15, 0.2) is 0 Å². The first-order valence-corrected chi connectivity index (χ1v) is 9.73. The summed E-state index contributed by atoms with van der Waals surface area (Å²) in [6.07, 6.45) is 6.27. The Morgan fingerprint density at radius 1 is 1.30 bits per heavy atom. The third kappa shape index (κ3) is 6.57. The second-order valence-electron chi connectivity index (χ2n) is 7.58. The first-order chi connectivity index (χ1) is 12.9. The van der Waals surface area contributed by atoms with E-state index in [0.717, 1.165) is 30.8 Å². The number of rotatable bonds is 8. The van der Waals surface area contributed by atoms with Crippen LogP contribution in [0.25, 0.3) is 0 Å². The average molecular weight is 373 g/mol. The van der Waals surface area contributed by atoms with Gasteiger partial charge in [0.05, 0.1) is 18.2 Å². The molecule has 1 aromatic rings. The molecule has 3 atom stereocenters. The molecule has 0 aromatic heterocycles. The van der Waals surface area contributed by atoms with Crippen molar-refractivity contribution in [3.8, 4) is 18.1 Å². The number of carbonyl (C=O) groups excluding carboxylic acids is 1. The molecule has 0 saturated carbocycles. The molecule has 5 heteroatoms. The van der Waals surface area contributed by atoms with Gasteiger partial charge in [0.2, 0.25) is 5.91 Å². The molecule has 1 aliphatic heterocycles. The summed E-state index contributed by atoms with van der Waals surface area (Å²) in [5, 5.41) is 3.11. The van der Waals surface area contributed by atoms with Gasteiger partial charge < -0.3 is 14.8 Å². The Labute approximate surface area is 163 Å². The van der Waals surface area contributed by atoms with Crippen LogP contribution in [0.1, 0.15) is 33.3 Å². The van der Waals surface area contributed by atoms with E-state index in [0.29, 0.717) is 6.54 Å². The molecule has 2 rings (SSSR count). The summed E-state index contributed by atoms with van der Waals surface area (Å²) in [6, 6.07) is 7.69. The molecule has 0 bridgehead atoms. The molecule has 1 aliphatic rings. The Kier molecular flexibility index (Phi) is 8.15. The van der Waals surface area contributed by atoms with Gasteiger partial charge >= 0.3 is 0 Å². The Morgan fingerprint density at radius 2 is 1.93 bits per heavy atom. The molecule has 1 aromatic carbocycles. The molecule has 1 saturated heterocycles. The molecular weight excluding hydrogens is 340 g/mol. The third-order valence-electron chi connectivity index (χ3n) is 4.70. The van der Waals surface area contributed by atoms with Crippen LogP contribution in [0.2, 0.25) is 0 Å². The lowest BCUT2D eigenvalue weighted by atomic mass is 9.99. The maximum atomic E-state index is 12.8. The van der Waals surface area contributed by atoms with Crippen molar-refractivity contribution < 1.29 is 14.3 Å². The van der Waals surface area contributed by atoms with Crippen LogP contribution in [-0.4, -0.2) is 55.3 Å². The topological polar surface area (TPSA) is 50.8 Å². The third-order valence-corrected chi connectivity index (χ3v) is 4.70. The van der Waals surface area contributed by atoms with Gasteiger partial charge in [-0.3, -0.25) is 9.69 Å². The minimum atomic E-state index is -0.127. The van der Waals surface area contributed by atoms with Crippen molar-refractivity contribution in [1.82, 2.24) is 10.2 Å². The normalized spacial score (nSPS) is 21.5. The molecule has 3 unspecified atom stereocenters. The average Bonchev–Trinajstić information content (AvgIpc) is 2.60. The van der Waals surface area contributed by atoms with E-state index in [-0.39, 0.29) is 36.7 Å². The molecule has 1 amide bonds.